The first-order valence-electron chi connectivity index (χ1n) is 5.58. The first-order valence-corrected chi connectivity index (χ1v) is 5.58. The van der Waals surface area contributed by atoms with Gasteiger partial charge in [-0.2, -0.15) is 0 Å². The summed E-state index contributed by atoms with van der Waals surface area (Å²) in [4.78, 5) is 14.1. The van der Waals surface area contributed by atoms with E-state index >= 15 is 0 Å². The molecule has 2 heteroatoms. The summed E-state index contributed by atoms with van der Waals surface area (Å²) in [6.07, 6.45) is 7.30. The highest BCUT2D eigenvalue weighted by Gasteiger charge is 2.45. The van der Waals surface area contributed by atoms with Gasteiger partial charge in [-0.3, -0.25) is 4.79 Å². The fourth-order valence-electron chi connectivity index (χ4n) is 2.89. The number of carbonyl (C=O) groups excluding carboxylic acids is 1. The second-order valence-corrected chi connectivity index (χ2v) is 4.48. The van der Waals surface area contributed by atoms with Crippen LogP contribution in [-0.2, 0) is 4.79 Å². The Morgan fingerprint density at radius 1 is 1.23 bits per heavy atom. The maximum atomic E-state index is 12.0. The topological polar surface area (TPSA) is 20.3 Å². The highest BCUT2D eigenvalue weighted by molar-refractivity contribution is 5.84. The quantitative estimate of drug-likeness (QED) is 0.607. The van der Waals surface area contributed by atoms with Crippen molar-refractivity contribution >= 4 is 5.91 Å². The van der Waals surface area contributed by atoms with Crippen molar-refractivity contribution < 1.29 is 4.79 Å². The first kappa shape index (κ1) is 9.04. The first-order chi connectivity index (χ1) is 6.28. The molecule has 0 bridgehead atoms. The standard InChI is InChI=1S/C11H19NO/c1-2-12-9-8-11(10(12)13)6-4-3-5-7-11/h2-9H2,1H3. The Morgan fingerprint density at radius 3 is 2.46 bits per heavy atom. The van der Waals surface area contributed by atoms with E-state index < -0.39 is 0 Å². The van der Waals surface area contributed by atoms with Crippen molar-refractivity contribution in [3.05, 3.63) is 0 Å². The van der Waals surface area contributed by atoms with Crippen LogP contribution in [0.25, 0.3) is 0 Å². The summed E-state index contributed by atoms with van der Waals surface area (Å²) >= 11 is 0. The van der Waals surface area contributed by atoms with Crippen LogP contribution in [0.1, 0.15) is 45.4 Å². The zero-order chi connectivity index (χ0) is 9.31. The number of rotatable bonds is 1. The number of likely N-dealkylation sites (tertiary alicyclic amines) is 1. The molecule has 0 N–H and O–H groups in total. The minimum absolute atomic E-state index is 0.0915. The lowest BCUT2D eigenvalue weighted by atomic mass is 9.73. The molecule has 1 aliphatic carbocycles. The van der Waals surface area contributed by atoms with Crippen molar-refractivity contribution in [2.75, 3.05) is 13.1 Å². The van der Waals surface area contributed by atoms with Gasteiger partial charge in [0.2, 0.25) is 5.91 Å². The summed E-state index contributed by atoms with van der Waals surface area (Å²) in [6, 6.07) is 0. The number of nitrogens with zero attached hydrogens (tertiary/aromatic N) is 1. The maximum Gasteiger partial charge on any atom is 0.228 e. The van der Waals surface area contributed by atoms with Gasteiger partial charge in [0.25, 0.3) is 0 Å². The molecular formula is C11H19NO. The largest absolute Gasteiger partial charge is 0.342 e. The summed E-state index contributed by atoms with van der Waals surface area (Å²) in [7, 11) is 0. The minimum atomic E-state index is 0.0915. The number of carbonyl (C=O) groups is 1. The van der Waals surface area contributed by atoms with Crippen LogP contribution in [0.2, 0.25) is 0 Å². The monoisotopic (exact) mass is 181 g/mol. The van der Waals surface area contributed by atoms with Gasteiger partial charge in [0.05, 0.1) is 5.41 Å². The van der Waals surface area contributed by atoms with Gasteiger partial charge in [0.15, 0.2) is 0 Å². The Hall–Kier alpha value is -0.530. The van der Waals surface area contributed by atoms with Crippen molar-refractivity contribution in [2.45, 2.75) is 45.4 Å². The van der Waals surface area contributed by atoms with Crippen LogP contribution in [0.4, 0.5) is 0 Å². The fraction of sp³-hybridized carbons (Fsp3) is 0.909. The van der Waals surface area contributed by atoms with Gasteiger partial charge in [0, 0.05) is 13.1 Å². The average Bonchev–Trinajstić information content (AvgIpc) is 2.47. The molecule has 2 rings (SSSR count). The predicted octanol–water partition coefficient (Wildman–Crippen LogP) is 2.19. The maximum absolute atomic E-state index is 12.0. The van der Waals surface area contributed by atoms with E-state index in [9.17, 15) is 4.79 Å². The molecule has 13 heavy (non-hydrogen) atoms. The van der Waals surface area contributed by atoms with E-state index in [0.29, 0.717) is 5.91 Å². The van der Waals surface area contributed by atoms with E-state index in [-0.39, 0.29) is 5.41 Å². The second-order valence-electron chi connectivity index (χ2n) is 4.48. The molecule has 0 atom stereocenters. The van der Waals surface area contributed by atoms with Crippen molar-refractivity contribution in [2.24, 2.45) is 5.41 Å². The fourth-order valence-corrected chi connectivity index (χ4v) is 2.89. The Labute approximate surface area is 80.3 Å². The summed E-state index contributed by atoms with van der Waals surface area (Å²) < 4.78 is 0. The van der Waals surface area contributed by atoms with Crippen LogP contribution in [-0.4, -0.2) is 23.9 Å². The van der Waals surface area contributed by atoms with Crippen LogP contribution in [0, 0.1) is 5.41 Å². The Bertz CT molecular complexity index is 206. The average molecular weight is 181 g/mol. The lowest BCUT2D eigenvalue weighted by molar-refractivity contribution is -0.137. The van der Waals surface area contributed by atoms with E-state index in [0.717, 1.165) is 32.4 Å². The molecule has 0 aromatic rings. The van der Waals surface area contributed by atoms with E-state index in [1.165, 1.54) is 19.3 Å². The molecule has 1 aliphatic heterocycles. The Balaban J connectivity index is 2.10. The zero-order valence-corrected chi connectivity index (χ0v) is 8.51. The molecule has 1 saturated carbocycles. The Kier molecular flexibility index (Phi) is 2.31. The minimum Gasteiger partial charge on any atom is -0.342 e. The van der Waals surface area contributed by atoms with Gasteiger partial charge < -0.3 is 4.90 Å². The van der Waals surface area contributed by atoms with Crippen LogP contribution in [0.5, 0.6) is 0 Å². The highest BCUT2D eigenvalue weighted by Crippen LogP contribution is 2.44. The Morgan fingerprint density at radius 2 is 1.92 bits per heavy atom. The summed E-state index contributed by atoms with van der Waals surface area (Å²) in [5.41, 5.74) is 0.0915. The van der Waals surface area contributed by atoms with Gasteiger partial charge in [-0.1, -0.05) is 19.3 Å². The molecule has 0 radical (unpaired) electrons. The molecular weight excluding hydrogens is 162 g/mol. The van der Waals surface area contributed by atoms with Gasteiger partial charge in [0.1, 0.15) is 0 Å². The van der Waals surface area contributed by atoms with Crippen molar-refractivity contribution in [3.8, 4) is 0 Å². The van der Waals surface area contributed by atoms with Crippen molar-refractivity contribution in [1.29, 1.82) is 0 Å². The third-order valence-corrected chi connectivity index (χ3v) is 3.79. The lowest BCUT2D eigenvalue weighted by Gasteiger charge is -2.31. The predicted molar refractivity (Wildman–Crippen MR) is 52.4 cm³/mol. The van der Waals surface area contributed by atoms with Gasteiger partial charge in [-0.25, -0.2) is 0 Å². The van der Waals surface area contributed by atoms with E-state index in [1.54, 1.807) is 0 Å². The van der Waals surface area contributed by atoms with Crippen LogP contribution < -0.4 is 0 Å². The highest BCUT2D eigenvalue weighted by atomic mass is 16.2. The third-order valence-electron chi connectivity index (χ3n) is 3.79. The molecule has 74 valence electrons. The molecule has 1 amide bonds. The lowest BCUT2D eigenvalue weighted by Crippen LogP contribution is -2.35. The van der Waals surface area contributed by atoms with Crippen LogP contribution in [0.3, 0.4) is 0 Å². The molecule has 1 saturated heterocycles. The molecule has 0 unspecified atom stereocenters. The molecule has 1 heterocycles. The number of hydrogen-bond acceptors (Lipinski definition) is 1. The smallest absolute Gasteiger partial charge is 0.228 e. The second kappa shape index (κ2) is 3.32. The summed E-state index contributed by atoms with van der Waals surface area (Å²) in [6.45, 7) is 4.00. The van der Waals surface area contributed by atoms with Crippen molar-refractivity contribution in [1.82, 2.24) is 4.90 Å². The zero-order valence-electron chi connectivity index (χ0n) is 8.51. The summed E-state index contributed by atoms with van der Waals surface area (Å²) in [5, 5.41) is 0. The third kappa shape index (κ3) is 1.36. The molecule has 2 nitrogen and oxygen atoms in total. The SMILES string of the molecule is CCN1CCC2(CCCCC2)C1=O. The van der Waals surface area contributed by atoms with E-state index in [4.69, 9.17) is 0 Å². The molecule has 2 aliphatic rings. The normalized spacial score (nSPS) is 27.2. The number of amides is 1. The van der Waals surface area contributed by atoms with Gasteiger partial charge >= 0.3 is 0 Å². The molecule has 1 spiro atoms. The van der Waals surface area contributed by atoms with Crippen LogP contribution in [0.15, 0.2) is 0 Å². The van der Waals surface area contributed by atoms with E-state index in [2.05, 4.69) is 6.92 Å². The van der Waals surface area contributed by atoms with Crippen molar-refractivity contribution in [3.63, 3.8) is 0 Å². The molecule has 0 aromatic heterocycles. The van der Waals surface area contributed by atoms with Gasteiger partial charge in [-0.05, 0) is 26.2 Å². The molecule has 2 fully saturated rings. The van der Waals surface area contributed by atoms with Gasteiger partial charge in [-0.15, -0.1) is 0 Å². The van der Waals surface area contributed by atoms with E-state index in [1.807, 2.05) is 4.90 Å². The number of hydrogen-bond donors (Lipinski definition) is 0. The summed E-state index contributed by atoms with van der Waals surface area (Å²) in [5.74, 6) is 0.453. The van der Waals surface area contributed by atoms with Crippen LogP contribution >= 0.6 is 0 Å². The molecule has 0 aromatic carbocycles.